The lowest BCUT2D eigenvalue weighted by Gasteiger charge is -1.90. The number of benzene rings is 1. The van der Waals surface area contributed by atoms with Crippen LogP contribution in [0.1, 0.15) is 38.2 Å². The van der Waals surface area contributed by atoms with E-state index in [9.17, 15) is 0 Å². The molecule has 0 aromatic heterocycles. The van der Waals surface area contributed by atoms with Gasteiger partial charge in [0.15, 0.2) is 0 Å². The number of rotatable bonds is 4. The van der Waals surface area contributed by atoms with Crippen molar-refractivity contribution >= 4 is 9.24 Å². The van der Waals surface area contributed by atoms with E-state index in [0.717, 1.165) is 0 Å². The summed E-state index contributed by atoms with van der Waals surface area (Å²) < 4.78 is 0. The van der Waals surface area contributed by atoms with Gasteiger partial charge in [-0.05, 0) is 19.5 Å². The minimum atomic E-state index is 1.28. The number of hydrogen-bond donors (Lipinski definition) is 0. The summed E-state index contributed by atoms with van der Waals surface area (Å²) in [4.78, 5) is 0. The Kier molecular flexibility index (Phi) is 10.5. The van der Waals surface area contributed by atoms with Gasteiger partial charge in [0.2, 0.25) is 0 Å². The first kappa shape index (κ1) is 13.7. The van der Waals surface area contributed by atoms with Gasteiger partial charge in [0.1, 0.15) is 0 Å². The molecule has 0 aliphatic heterocycles. The van der Waals surface area contributed by atoms with Crippen molar-refractivity contribution in [3.8, 4) is 0 Å². The summed E-state index contributed by atoms with van der Waals surface area (Å²) >= 11 is 0. The van der Waals surface area contributed by atoms with Crippen LogP contribution in [0.2, 0.25) is 0 Å². The highest BCUT2D eigenvalue weighted by atomic mass is 31.0. The molecule has 1 heteroatoms. The van der Waals surface area contributed by atoms with Crippen LogP contribution in [0, 0.1) is 6.92 Å². The minimum Gasteiger partial charge on any atom is -0.138 e. The molecule has 1 unspecified atom stereocenters. The first-order chi connectivity index (χ1) is 6.81. The molecule has 0 spiro atoms. The lowest BCUT2D eigenvalue weighted by Crippen LogP contribution is -1.73. The van der Waals surface area contributed by atoms with Crippen LogP contribution < -0.4 is 0 Å². The molecule has 0 N–H and O–H groups in total. The molecule has 0 radical (unpaired) electrons. The first-order valence-corrected chi connectivity index (χ1v) is 6.34. The van der Waals surface area contributed by atoms with Crippen molar-refractivity contribution in [1.29, 1.82) is 0 Å². The molecule has 0 bridgehead atoms. The Bertz CT molecular complexity index is 190. The second-order valence-corrected chi connectivity index (χ2v) is 4.08. The van der Waals surface area contributed by atoms with Crippen LogP contribution in [0.15, 0.2) is 30.3 Å². The molecule has 1 aromatic rings. The van der Waals surface area contributed by atoms with Gasteiger partial charge in [-0.15, -0.1) is 9.24 Å². The van der Waals surface area contributed by atoms with Gasteiger partial charge in [0.05, 0.1) is 0 Å². The average Bonchev–Trinajstić information content (AvgIpc) is 2.21. The zero-order valence-corrected chi connectivity index (χ0v) is 10.7. The molecule has 0 fully saturated rings. The lowest BCUT2D eigenvalue weighted by atomic mass is 10.2. The summed E-state index contributed by atoms with van der Waals surface area (Å²) in [5.74, 6) is 0. The molecular formula is C13H23P. The van der Waals surface area contributed by atoms with E-state index < -0.39 is 0 Å². The Morgan fingerprint density at radius 3 is 2.00 bits per heavy atom. The SMILES string of the molecule is CCCCCCP.Cc1ccccc1. The monoisotopic (exact) mass is 210 g/mol. The van der Waals surface area contributed by atoms with E-state index >= 15 is 0 Å². The third-order valence-electron chi connectivity index (χ3n) is 2.00. The van der Waals surface area contributed by atoms with Gasteiger partial charge in [-0.2, -0.15) is 0 Å². The maximum absolute atomic E-state index is 2.75. The van der Waals surface area contributed by atoms with E-state index in [-0.39, 0.29) is 0 Å². The second kappa shape index (κ2) is 10.7. The predicted molar refractivity (Wildman–Crippen MR) is 69.9 cm³/mol. The molecule has 0 amide bonds. The molecule has 14 heavy (non-hydrogen) atoms. The molecule has 0 aliphatic carbocycles. The third kappa shape index (κ3) is 9.74. The average molecular weight is 210 g/mol. The Balaban J connectivity index is 0.000000241. The van der Waals surface area contributed by atoms with Crippen LogP contribution >= 0.6 is 9.24 Å². The summed E-state index contributed by atoms with van der Waals surface area (Å²) in [7, 11) is 2.75. The Hall–Kier alpha value is -0.350. The molecule has 0 saturated heterocycles. The molecular weight excluding hydrogens is 187 g/mol. The van der Waals surface area contributed by atoms with E-state index in [4.69, 9.17) is 0 Å². The van der Waals surface area contributed by atoms with Gasteiger partial charge < -0.3 is 0 Å². The highest BCUT2D eigenvalue weighted by molar-refractivity contribution is 7.16. The molecule has 0 nitrogen and oxygen atoms in total. The smallest absolute Gasteiger partial charge is 0.0381 e. The summed E-state index contributed by atoms with van der Waals surface area (Å²) in [6, 6.07) is 10.3. The van der Waals surface area contributed by atoms with Crippen molar-refractivity contribution < 1.29 is 0 Å². The van der Waals surface area contributed by atoms with Crippen molar-refractivity contribution in [1.82, 2.24) is 0 Å². The molecule has 1 atom stereocenters. The maximum atomic E-state index is 2.75. The summed E-state index contributed by atoms with van der Waals surface area (Å²) in [5, 5.41) is 0. The van der Waals surface area contributed by atoms with E-state index in [1.54, 1.807) is 0 Å². The summed E-state index contributed by atoms with van der Waals surface area (Å²) in [5.41, 5.74) is 1.32. The summed E-state index contributed by atoms with van der Waals surface area (Å²) in [6.45, 7) is 4.32. The quantitative estimate of drug-likeness (QED) is 0.509. The standard InChI is InChI=1S/C7H8.C6H15P/c1-7-5-3-2-4-6-7;1-2-3-4-5-6-7/h2-6H,1H3;2-7H2,1H3. The van der Waals surface area contributed by atoms with Crippen LogP contribution in [0.25, 0.3) is 0 Å². The van der Waals surface area contributed by atoms with E-state index in [0.29, 0.717) is 0 Å². The molecule has 0 aliphatic rings. The zero-order chi connectivity index (χ0) is 10.6. The topological polar surface area (TPSA) is 0 Å². The van der Waals surface area contributed by atoms with Crippen LogP contribution in [-0.4, -0.2) is 6.16 Å². The van der Waals surface area contributed by atoms with Crippen molar-refractivity contribution in [2.24, 2.45) is 0 Å². The van der Waals surface area contributed by atoms with Crippen LogP contribution in [0.3, 0.4) is 0 Å². The maximum Gasteiger partial charge on any atom is -0.0381 e. The fourth-order valence-corrected chi connectivity index (χ4v) is 1.39. The predicted octanol–water partition coefficient (Wildman–Crippen LogP) is 4.44. The van der Waals surface area contributed by atoms with Gasteiger partial charge in [0.25, 0.3) is 0 Å². The Labute approximate surface area is 91.3 Å². The molecule has 1 aromatic carbocycles. The van der Waals surface area contributed by atoms with Gasteiger partial charge in [0, 0.05) is 0 Å². The number of hydrogen-bond acceptors (Lipinski definition) is 0. The van der Waals surface area contributed by atoms with Crippen molar-refractivity contribution in [3.63, 3.8) is 0 Å². The van der Waals surface area contributed by atoms with Crippen LogP contribution in [0.4, 0.5) is 0 Å². The van der Waals surface area contributed by atoms with Crippen LogP contribution in [-0.2, 0) is 0 Å². The van der Waals surface area contributed by atoms with E-state index in [2.05, 4.69) is 35.2 Å². The second-order valence-electron chi connectivity index (χ2n) is 3.50. The van der Waals surface area contributed by atoms with Gasteiger partial charge in [-0.1, -0.05) is 62.1 Å². The van der Waals surface area contributed by atoms with Crippen molar-refractivity contribution in [2.75, 3.05) is 6.16 Å². The number of unbranched alkanes of at least 4 members (excludes halogenated alkanes) is 3. The fraction of sp³-hybridized carbons (Fsp3) is 0.538. The van der Waals surface area contributed by atoms with Crippen molar-refractivity contribution in [3.05, 3.63) is 35.9 Å². The van der Waals surface area contributed by atoms with Crippen LogP contribution in [0.5, 0.6) is 0 Å². The molecule has 1 rings (SSSR count). The lowest BCUT2D eigenvalue weighted by molar-refractivity contribution is 0.706. The Morgan fingerprint density at radius 2 is 1.64 bits per heavy atom. The largest absolute Gasteiger partial charge is 0.138 e. The van der Waals surface area contributed by atoms with Crippen molar-refractivity contribution in [2.45, 2.75) is 39.5 Å². The van der Waals surface area contributed by atoms with Gasteiger partial charge in [-0.25, -0.2) is 0 Å². The van der Waals surface area contributed by atoms with Gasteiger partial charge in [-0.3, -0.25) is 0 Å². The summed E-state index contributed by atoms with van der Waals surface area (Å²) in [6.07, 6.45) is 6.84. The third-order valence-corrected chi connectivity index (χ3v) is 2.41. The minimum absolute atomic E-state index is 1.28. The highest BCUT2D eigenvalue weighted by Crippen LogP contribution is 2.00. The number of aryl methyl sites for hydroxylation is 1. The van der Waals surface area contributed by atoms with E-state index in [1.807, 2.05) is 18.2 Å². The molecule has 0 heterocycles. The first-order valence-electron chi connectivity index (χ1n) is 5.53. The molecule has 0 saturated carbocycles. The Morgan fingerprint density at radius 1 is 1.00 bits per heavy atom. The zero-order valence-electron chi connectivity index (χ0n) is 9.50. The normalized spacial score (nSPS) is 9.07. The fourth-order valence-electron chi connectivity index (χ4n) is 1.11. The van der Waals surface area contributed by atoms with E-state index in [1.165, 1.54) is 37.4 Å². The van der Waals surface area contributed by atoms with Gasteiger partial charge >= 0.3 is 0 Å². The highest BCUT2D eigenvalue weighted by Gasteiger charge is 1.80. The molecule has 80 valence electrons.